The predicted octanol–water partition coefficient (Wildman–Crippen LogP) is 1.28. The molecule has 24 heavy (non-hydrogen) atoms. The summed E-state index contributed by atoms with van der Waals surface area (Å²) in [6, 6.07) is 0. The van der Waals surface area contributed by atoms with Crippen LogP contribution >= 0.6 is 0 Å². The predicted molar refractivity (Wildman–Crippen MR) is 92.9 cm³/mol. The minimum absolute atomic E-state index is 0.0209. The molecule has 2 heterocycles. The quantitative estimate of drug-likeness (QED) is 0.899. The van der Waals surface area contributed by atoms with Crippen molar-refractivity contribution in [2.45, 2.75) is 41.0 Å². The number of carbonyl (C=O) groups excluding carboxylic acids is 2. The number of primary amides is 1. The zero-order valence-electron chi connectivity index (χ0n) is 15.2. The topological polar surface area (TPSA) is 92.4 Å². The van der Waals surface area contributed by atoms with E-state index in [1.807, 2.05) is 23.6 Å². The molecule has 0 spiro atoms. The van der Waals surface area contributed by atoms with Gasteiger partial charge in [0.1, 0.15) is 0 Å². The number of aryl methyl sites for hydroxylation is 1. The number of hydrogen-bond donors (Lipinski definition) is 1. The van der Waals surface area contributed by atoms with E-state index >= 15 is 0 Å². The number of amides is 2. The van der Waals surface area contributed by atoms with Crippen molar-refractivity contribution in [2.75, 3.05) is 31.1 Å². The fourth-order valence-corrected chi connectivity index (χ4v) is 2.85. The molecule has 2 N–H and O–H groups in total. The average molecular weight is 333 g/mol. The second kappa shape index (κ2) is 6.75. The monoisotopic (exact) mass is 333 g/mol. The van der Waals surface area contributed by atoms with E-state index in [-0.39, 0.29) is 11.3 Å². The Labute approximate surface area is 143 Å². The van der Waals surface area contributed by atoms with Gasteiger partial charge in [-0.15, -0.1) is 5.10 Å². The number of piperazine rings is 1. The van der Waals surface area contributed by atoms with Crippen LogP contribution < -0.4 is 10.6 Å². The van der Waals surface area contributed by atoms with Gasteiger partial charge in [0, 0.05) is 32.6 Å². The first-order valence-electron chi connectivity index (χ1n) is 8.26. The van der Waals surface area contributed by atoms with Crippen LogP contribution in [0, 0.1) is 19.3 Å². The first-order chi connectivity index (χ1) is 11.1. The fraction of sp³-hybridized carbons (Fsp3) is 0.647. The molecule has 2 amide bonds. The van der Waals surface area contributed by atoms with Crippen molar-refractivity contribution in [1.82, 2.24) is 15.1 Å². The van der Waals surface area contributed by atoms with Crippen molar-refractivity contribution < 1.29 is 9.59 Å². The van der Waals surface area contributed by atoms with Gasteiger partial charge in [-0.25, -0.2) is 0 Å². The van der Waals surface area contributed by atoms with Gasteiger partial charge in [0.05, 0.1) is 11.3 Å². The summed E-state index contributed by atoms with van der Waals surface area (Å²) < 4.78 is 0. The van der Waals surface area contributed by atoms with Crippen molar-refractivity contribution >= 4 is 17.6 Å². The maximum absolute atomic E-state index is 12.3. The van der Waals surface area contributed by atoms with E-state index in [0.717, 1.165) is 5.56 Å². The Bertz CT molecular complexity index is 643. The Balaban J connectivity index is 2.12. The molecule has 1 aromatic heterocycles. The van der Waals surface area contributed by atoms with Crippen LogP contribution in [0.2, 0.25) is 0 Å². The standard InChI is InChI=1S/C17H27N5O2/c1-11-12(2)19-20-16(14(11)15(18)24)22-8-6-21(7-9-22)13(23)10-17(3,4)5/h6-10H2,1-5H3,(H2,18,24). The molecule has 132 valence electrons. The fourth-order valence-electron chi connectivity index (χ4n) is 2.85. The van der Waals surface area contributed by atoms with E-state index in [1.54, 1.807) is 0 Å². The summed E-state index contributed by atoms with van der Waals surface area (Å²) in [5.41, 5.74) is 7.41. The second-order valence-corrected chi connectivity index (χ2v) is 7.58. The van der Waals surface area contributed by atoms with Gasteiger partial charge in [-0.1, -0.05) is 20.8 Å². The van der Waals surface area contributed by atoms with Crippen LogP contribution in [0.4, 0.5) is 5.82 Å². The Morgan fingerprint density at radius 3 is 2.17 bits per heavy atom. The number of carbonyl (C=O) groups is 2. The van der Waals surface area contributed by atoms with Crippen LogP contribution in [0.3, 0.4) is 0 Å². The summed E-state index contributed by atoms with van der Waals surface area (Å²) in [6.45, 7) is 12.3. The molecule has 0 bridgehead atoms. The lowest BCUT2D eigenvalue weighted by Gasteiger charge is -2.37. The van der Waals surface area contributed by atoms with E-state index in [9.17, 15) is 9.59 Å². The molecular weight excluding hydrogens is 306 g/mol. The van der Waals surface area contributed by atoms with E-state index < -0.39 is 5.91 Å². The van der Waals surface area contributed by atoms with Crippen LogP contribution in [0.1, 0.15) is 48.8 Å². The van der Waals surface area contributed by atoms with Crippen LogP contribution in [-0.4, -0.2) is 53.1 Å². The van der Waals surface area contributed by atoms with Crippen LogP contribution in [-0.2, 0) is 4.79 Å². The maximum Gasteiger partial charge on any atom is 0.252 e. The van der Waals surface area contributed by atoms with Crippen LogP contribution in [0.5, 0.6) is 0 Å². The van der Waals surface area contributed by atoms with Crippen molar-refractivity contribution in [3.63, 3.8) is 0 Å². The van der Waals surface area contributed by atoms with Gasteiger partial charge in [-0.3, -0.25) is 9.59 Å². The summed E-state index contributed by atoms with van der Waals surface area (Å²) in [5.74, 6) is 0.198. The highest BCUT2D eigenvalue weighted by Gasteiger charge is 2.28. The first-order valence-corrected chi connectivity index (χ1v) is 8.26. The smallest absolute Gasteiger partial charge is 0.252 e. The third-order valence-electron chi connectivity index (χ3n) is 4.30. The third kappa shape index (κ3) is 4.01. The van der Waals surface area contributed by atoms with E-state index in [4.69, 9.17) is 5.73 Å². The summed E-state index contributed by atoms with van der Waals surface area (Å²) in [7, 11) is 0. The van der Waals surface area contributed by atoms with Gasteiger partial charge in [0.2, 0.25) is 5.91 Å². The Kier molecular flexibility index (Phi) is 5.11. The lowest BCUT2D eigenvalue weighted by Crippen LogP contribution is -2.50. The minimum Gasteiger partial charge on any atom is -0.365 e. The highest BCUT2D eigenvalue weighted by molar-refractivity contribution is 5.99. The molecule has 1 fully saturated rings. The summed E-state index contributed by atoms with van der Waals surface area (Å²) >= 11 is 0. The van der Waals surface area contributed by atoms with Crippen molar-refractivity contribution in [1.29, 1.82) is 0 Å². The van der Waals surface area contributed by atoms with Gasteiger partial charge in [0.15, 0.2) is 5.82 Å². The molecule has 0 radical (unpaired) electrons. The van der Waals surface area contributed by atoms with Crippen LogP contribution in [0.15, 0.2) is 0 Å². The molecule has 1 aliphatic heterocycles. The van der Waals surface area contributed by atoms with Gasteiger partial charge >= 0.3 is 0 Å². The number of hydrogen-bond acceptors (Lipinski definition) is 5. The Hall–Kier alpha value is -2.18. The summed E-state index contributed by atoms with van der Waals surface area (Å²) in [6.07, 6.45) is 0.531. The molecular formula is C17H27N5O2. The molecule has 0 aromatic carbocycles. The average Bonchev–Trinajstić information content (AvgIpc) is 2.48. The minimum atomic E-state index is -0.494. The van der Waals surface area contributed by atoms with Gasteiger partial charge in [-0.2, -0.15) is 5.10 Å². The lowest BCUT2D eigenvalue weighted by atomic mass is 9.91. The summed E-state index contributed by atoms with van der Waals surface area (Å²) in [5, 5.41) is 8.30. The molecule has 1 aliphatic rings. The molecule has 0 atom stereocenters. The zero-order chi connectivity index (χ0) is 18.1. The number of nitrogens with two attached hydrogens (primary N) is 1. The van der Waals surface area contributed by atoms with Crippen LogP contribution in [0.25, 0.3) is 0 Å². The molecule has 7 heteroatoms. The zero-order valence-corrected chi connectivity index (χ0v) is 15.2. The maximum atomic E-state index is 12.3. The number of rotatable bonds is 3. The van der Waals surface area contributed by atoms with Gasteiger partial charge in [-0.05, 0) is 24.8 Å². The van der Waals surface area contributed by atoms with Crippen molar-refractivity contribution in [3.05, 3.63) is 16.8 Å². The van der Waals surface area contributed by atoms with E-state index in [0.29, 0.717) is 49.7 Å². The molecule has 0 saturated carbocycles. The van der Waals surface area contributed by atoms with E-state index in [1.165, 1.54) is 0 Å². The molecule has 0 aliphatic carbocycles. The van der Waals surface area contributed by atoms with E-state index in [2.05, 4.69) is 31.0 Å². The number of aromatic nitrogens is 2. The number of anilines is 1. The lowest BCUT2D eigenvalue weighted by molar-refractivity contribution is -0.133. The molecule has 7 nitrogen and oxygen atoms in total. The summed E-state index contributed by atoms with van der Waals surface area (Å²) in [4.78, 5) is 28.0. The van der Waals surface area contributed by atoms with Gasteiger partial charge in [0.25, 0.3) is 5.91 Å². The second-order valence-electron chi connectivity index (χ2n) is 7.58. The molecule has 1 aromatic rings. The SMILES string of the molecule is Cc1nnc(N2CCN(C(=O)CC(C)(C)C)CC2)c(C(N)=O)c1C. The largest absolute Gasteiger partial charge is 0.365 e. The first kappa shape index (κ1) is 18.2. The highest BCUT2D eigenvalue weighted by Crippen LogP contribution is 2.24. The normalized spacial score (nSPS) is 15.5. The highest BCUT2D eigenvalue weighted by atomic mass is 16.2. The molecule has 0 unspecified atom stereocenters. The molecule has 2 rings (SSSR count). The molecule has 1 saturated heterocycles. The Morgan fingerprint density at radius 1 is 1.08 bits per heavy atom. The number of nitrogens with zero attached hydrogens (tertiary/aromatic N) is 4. The van der Waals surface area contributed by atoms with Gasteiger partial charge < -0.3 is 15.5 Å². The van der Waals surface area contributed by atoms with Crippen molar-refractivity contribution in [2.24, 2.45) is 11.1 Å². The van der Waals surface area contributed by atoms with Crippen molar-refractivity contribution in [3.8, 4) is 0 Å². The third-order valence-corrected chi connectivity index (χ3v) is 4.30. The Morgan fingerprint density at radius 2 is 1.67 bits per heavy atom.